The summed E-state index contributed by atoms with van der Waals surface area (Å²) in [6, 6.07) is 0. The smallest absolute Gasteiger partial charge is 0.407 e. The van der Waals surface area contributed by atoms with Crippen molar-refractivity contribution >= 4 is 45.8 Å². The normalized spacial score (nSPS) is 22.0. The van der Waals surface area contributed by atoms with E-state index in [4.69, 9.17) is 18.8 Å². The molecule has 0 aliphatic carbocycles. The van der Waals surface area contributed by atoms with Crippen molar-refractivity contribution in [1.29, 1.82) is 0 Å². The summed E-state index contributed by atoms with van der Waals surface area (Å²) in [6.45, 7) is 4.09. The molecule has 179 valence electrons. The molecule has 31 heavy (non-hydrogen) atoms. The van der Waals surface area contributed by atoms with Crippen LogP contribution in [0.3, 0.4) is 0 Å². The van der Waals surface area contributed by atoms with Gasteiger partial charge < -0.3 is 24.6 Å². The van der Waals surface area contributed by atoms with Crippen LogP contribution in [-0.4, -0.2) is 97.2 Å². The molecule has 11 heteroatoms. The largest absolute Gasteiger partial charge is 0.447 e. The van der Waals surface area contributed by atoms with Gasteiger partial charge in [0.1, 0.15) is 18.5 Å². The molecule has 1 aliphatic rings. The average molecular weight is 477 g/mol. The fourth-order valence-corrected chi connectivity index (χ4v) is 3.99. The summed E-state index contributed by atoms with van der Waals surface area (Å²) in [5.74, 6) is -1.53. The van der Waals surface area contributed by atoms with Crippen LogP contribution in [0.25, 0.3) is 0 Å². The maximum Gasteiger partial charge on any atom is 0.407 e. The number of alkyl carbamates (subject to hydrolysis) is 1. The molecule has 0 aromatic heterocycles. The molecule has 1 saturated heterocycles. The minimum Gasteiger partial charge on any atom is -0.447 e. The van der Waals surface area contributed by atoms with Crippen molar-refractivity contribution < 1.29 is 37.1 Å². The number of hydrogen-bond acceptors (Lipinski definition) is 7. The van der Waals surface area contributed by atoms with Crippen LogP contribution in [0.15, 0.2) is 0 Å². The Morgan fingerprint density at radius 1 is 1.16 bits per heavy atom. The topological polar surface area (TPSA) is 131 Å². The minimum absolute atomic E-state index is 0. The Bertz CT molecular complexity index is 592. The molecule has 3 N–H and O–H groups in total. The molecule has 0 saturated carbocycles. The van der Waals surface area contributed by atoms with Gasteiger partial charge in [-0.25, -0.2) is 4.79 Å². The van der Waals surface area contributed by atoms with Crippen LogP contribution in [0.4, 0.5) is 4.79 Å². The van der Waals surface area contributed by atoms with Crippen LogP contribution in [0.5, 0.6) is 0 Å². The molecule has 1 amide bonds. The Morgan fingerprint density at radius 2 is 1.74 bits per heavy atom. The standard InChI is InChI=1S/C20H39NO8S.Na/c1-3-4-5-6-7-8-9-10-11-12-20(2)28-15-18(29-20)14-27-19(23)21-13-17(22)16-30(24,25)26;/h17-18,22H,3-16H2,1-2H3,(H,21,23)(H,24,25,26);. The number of hydrogen-bond donors (Lipinski definition) is 3. The number of nitrogens with one attached hydrogen (secondary N) is 1. The van der Waals surface area contributed by atoms with Gasteiger partial charge in [-0.2, -0.15) is 8.42 Å². The SMILES string of the molecule is CCCCCCCCCCCC1(C)OCC(COC(=O)NCC(O)CS(=O)(=O)O)O1.[Na]. The molecule has 1 aliphatic heterocycles. The molecule has 0 bridgehead atoms. The van der Waals surface area contributed by atoms with Gasteiger partial charge in [-0.15, -0.1) is 0 Å². The van der Waals surface area contributed by atoms with Crippen LogP contribution in [-0.2, 0) is 24.3 Å². The fraction of sp³-hybridized carbons (Fsp3) is 0.950. The number of carbonyl (C=O) groups is 1. The maximum absolute atomic E-state index is 11.6. The van der Waals surface area contributed by atoms with Gasteiger partial charge in [0.15, 0.2) is 5.79 Å². The number of unbranched alkanes of at least 4 members (excludes halogenated alkanes) is 8. The van der Waals surface area contributed by atoms with Gasteiger partial charge in [-0.05, 0) is 13.3 Å². The first kappa shape index (κ1) is 31.1. The van der Waals surface area contributed by atoms with Crippen LogP contribution < -0.4 is 5.32 Å². The molecule has 3 atom stereocenters. The molecule has 1 heterocycles. The van der Waals surface area contributed by atoms with Crippen molar-refractivity contribution in [3.63, 3.8) is 0 Å². The van der Waals surface area contributed by atoms with Crippen LogP contribution in [0.2, 0.25) is 0 Å². The summed E-state index contributed by atoms with van der Waals surface area (Å²) in [5, 5.41) is 11.6. The number of carbonyl (C=O) groups excluding carboxylic acids is 1. The van der Waals surface area contributed by atoms with Crippen molar-refractivity contribution in [3.05, 3.63) is 0 Å². The van der Waals surface area contributed by atoms with Crippen LogP contribution >= 0.6 is 0 Å². The first-order valence-electron chi connectivity index (χ1n) is 11.0. The van der Waals surface area contributed by atoms with Crippen LogP contribution in [0.1, 0.15) is 78.1 Å². The Labute approximate surface area is 209 Å². The zero-order chi connectivity index (χ0) is 22.5. The first-order valence-corrected chi connectivity index (χ1v) is 12.6. The summed E-state index contributed by atoms with van der Waals surface area (Å²) >= 11 is 0. The number of ether oxygens (including phenoxy) is 3. The van der Waals surface area contributed by atoms with Gasteiger partial charge in [0.05, 0.1) is 12.7 Å². The monoisotopic (exact) mass is 476 g/mol. The van der Waals surface area contributed by atoms with E-state index >= 15 is 0 Å². The summed E-state index contributed by atoms with van der Waals surface area (Å²) in [4.78, 5) is 11.6. The Morgan fingerprint density at radius 3 is 2.32 bits per heavy atom. The van der Waals surface area contributed by atoms with E-state index in [-0.39, 0.29) is 48.8 Å². The average Bonchev–Trinajstić information content (AvgIpc) is 3.03. The zero-order valence-electron chi connectivity index (χ0n) is 19.3. The molecular formula is C20H39NNaO8S. The van der Waals surface area contributed by atoms with Crippen LogP contribution in [0, 0.1) is 0 Å². The van der Waals surface area contributed by atoms with Gasteiger partial charge in [0.2, 0.25) is 0 Å². The van der Waals surface area contributed by atoms with E-state index in [1.807, 2.05) is 6.92 Å². The van der Waals surface area contributed by atoms with Gasteiger partial charge >= 0.3 is 6.09 Å². The number of aliphatic hydroxyl groups excluding tert-OH is 1. The van der Waals surface area contributed by atoms with Crippen molar-refractivity contribution in [2.75, 3.05) is 25.5 Å². The van der Waals surface area contributed by atoms with Gasteiger partial charge in [0, 0.05) is 42.5 Å². The molecule has 1 fully saturated rings. The molecule has 0 spiro atoms. The molecule has 3 unspecified atom stereocenters. The molecular weight excluding hydrogens is 437 g/mol. The van der Waals surface area contributed by atoms with E-state index in [1.54, 1.807) is 0 Å². The molecule has 9 nitrogen and oxygen atoms in total. The third-order valence-electron chi connectivity index (χ3n) is 5.01. The summed E-state index contributed by atoms with van der Waals surface area (Å²) in [5.41, 5.74) is 0. The van der Waals surface area contributed by atoms with Crippen molar-refractivity contribution in [2.24, 2.45) is 0 Å². The van der Waals surface area contributed by atoms with Gasteiger partial charge in [-0.1, -0.05) is 58.3 Å². The predicted molar refractivity (Wildman–Crippen MR) is 119 cm³/mol. The van der Waals surface area contributed by atoms with Crippen molar-refractivity contribution in [2.45, 2.75) is 96.1 Å². The zero-order valence-corrected chi connectivity index (χ0v) is 22.1. The third-order valence-corrected chi connectivity index (χ3v) is 5.82. The molecule has 0 aromatic carbocycles. The fourth-order valence-electron chi connectivity index (χ4n) is 3.38. The number of aliphatic hydroxyl groups is 1. The predicted octanol–water partition coefficient (Wildman–Crippen LogP) is 2.63. The Balaban J connectivity index is 0.00000900. The van der Waals surface area contributed by atoms with E-state index in [9.17, 15) is 18.3 Å². The Hall–Kier alpha value is 0.0600. The number of rotatable bonds is 16. The molecule has 1 radical (unpaired) electrons. The summed E-state index contributed by atoms with van der Waals surface area (Å²) < 4.78 is 46.6. The Kier molecular flexibility index (Phi) is 16.7. The first-order chi connectivity index (χ1) is 14.1. The van der Waals surface area contributed by atoms with Gasteiger partial charge in [-0.3, -0.25) is 4.55 Å². The second-order valence-electron chi connectivity index (χ2n) is 8.14. The van der Waals surface area contributed by atoms with E-state index in [0.29, 0.717) is 6.61 Å². The second-order valence-corrected chi connectivity index (χ2v) is 9.64. The summed E-state index contributed by atoms with van der Waals surface area (Å²) in [7, 11) is -4.31. The van der Waals surface area contributed by atoms with E-state index < -0.39 is 33.9 Å². The van der Waals surface area contributed by atoms with Gasteiger partial charge in [0.25, 0.3) is 10.1 Å². The second kappa shape index (κ2) is 16.6. The van der Waals surface area contributed by atoms with Crippen molar-refractivity contribution in [3.8, 4) is 0 Å². The van der Waals surface area contributed by atoms with Crippen molar-refractivity contribution in [1.82, 2.24) is 5.32 Å². The molecule has 0 aromatic rings. The maximum atomic E-state index is 11.6. The molecule has 1 rings (SSSR count). The third kappa shape index (κ3) is 16.3. The quantitative estimate of drug-likeness (QED) is 0.176. The summed E-state index contributed by atoms with van der Waals surface area (Å²) in [6.07, 6.45) is 9.41. The van der Waals surface area contributed by atoms with E-state index in [1.165, 1.54) is 44.9 Å². The van der Waals surface area contributed by atoms with E-state index in [0.717, 1.165) is 19.3 Å². The minimum atomic E-state index is -4.31. The van der Waals surface area contributed by atoms with E-state index in [2.05, 4.69) is 12.2 Å². The number of amides is 1.